The Morgan fingerprint density at radius 2 is 1.69 bits per heavy atom. The molecule has 182 valence electrons. The summed E-state index contributed by atoms with van der Waals surface area (Å²) in [5.74, 6) is -2.59. The minimum absolute atomic E-state index is 0.0213. The van der Waals surface area contributed by atoms with Crippen LogP contribution in [0.2, 0.25) is 0 Å². The van der Waals surface area contributed by atoms with Crippen molar-refractivity contribution in [3.8, 4) is 5.75 Å². The van der Waals surface area contributed by atoms with Gasteiger partial charge in [-0.15, -0.1) is 0 Å². The Morgan fingerprint density at radius 3 is 2.39 bits per heavy atom. The molecule has 0 atom stereocenters. The molecule has 4 N–H and O–H groups in total. The number of carbonyl (C=O) groups is 1. The van der Waals surface area contributed by atoms with E-state index >= 15 is 0 Å². The number of benzene rings is 3. The Kier molecular flexibility index (Phi) is 5.36. The number of primary amides is 1. The number of hydrogen-bond acceptors (Lipinski definition) is 6. The number of aromatic hydroxyl groups is 1. The Balaban J connectivity index is 1.75. The van der Waals surface area contributed by atoms with Crippen LogP contribution in [0.1, 0.15) is 21.5 Å². The molecule has 0 saturated heterocycles. The molecule has 1 aromatic heterocycles. The van der Waals surface area contributed by atoms with Crippen molar-refractivity contribution < 1.29 is 27.1 Å². The zero-order chi connectivity index (χ0) is 25.8. The van der Waals surface area contributed by atoms with Crippen molar-refractivity contribution in [1.82, 2.24) is 4.57 Å². The number of hydrogen-bond donors (Lipinski definition) is 3. The number of sulfone groups is 1. The predicted octanol–water partition coefficient (Wildman–Crippen LogP) is 3.33. The van der Waals surface area contributed by atoms with E-state index in [4.69, 9.17) is 5.73 Å². The van der Waals surface area contributed by atoms with Gasteiger partial charge in [-0.2, -0.15) is 0 Å². The molecule has 8 nitrogen and oxygen atoms in total. The molecule has 0 radical (unpaired) electrons. The molecule has 1 aliphatic heterocycles. The van der Waals surface area contributed by atoms with Crippen molar-refractivity contribution in [3.05, 3.63) is 105 Å². The van der Waals surface area contributed by atoms with Crippen molar-refractivity contribution in [2.45, 2.75) is 11.4 Å². The molecule has 4 aromatic rings. The molecule has 2 heterocycles. The third kappa shape index (κ3) is 3.89. The van der Waals surface area contributed by atoms with Gasteiger partial charge in [0.2, 0.25) is 15.7 Å². The number of aromatic nitrogens is 1. The lowest BCUT2D eigenvalue weighted by Crippen LogP contribution is -2.27. The van der Waals surface area contributed by atoms with Gasteiger partial charge in [0.05, 0.1) is 33.7 Å². The summed E-state index contributed by atoms with van der Waals surface area (Å²) in [7, 11) is -4.10. The summed E-state index contributed by atoms with van der Waals surface area (Å²) in [6, 6.07) is 12.5. The number of nitrogens with zero attached hydrogens (tertiary/aromatic N) is 1. The van der Waals surface area contributed by atoms with Gasteiger partial charge in [0, 0.05) is 10.9 Å². The van der Waals surface area contributed by atoms with Crippen LogP contribution in [0.5, 0.6) is 5.75 Å². The van der Waals surface area contributed by atoms with Crippen molar-refractivity contribution in [2.24, 2.45) is 5.73 Å². The van der Waals surface area contributed by atoms with E-state index in [0.29, 0.717) is 5.56 Å². The average Bonchev–Trinajstić information content (AvgIpc) is 2.82. The van der Waals surface area contributed by atoms with Crippen LogP contribution in [-0.4, -0.2) is 24.0 Å². The lowest BCUT2D eigenvalue weighted by molar-refractivity contribution is 0.1000. The van der Waals surface area contributed by atoms with Gasteiger partial charge < -0.3 is 20.7 Å². The molecule has 0 fully saturated rings. The number of halogens is 2. The zero-order valence-electron chi connectivity index (χ0n) is 18.3. The average molecular weight is 509 g/mol. The highest BCUT2D eigenvalue weighted by Gasteiger charge is 2.29. The molecule has 11 heteroatoms. The highest BCUT2D eigenvalue weighted by molar-refractivity contribution is 7.94. The fourth-order valence-electron chi connectivity index (χ4n) is 4.13. The Hall–Kier alpha value is -4.51. The molecule has 5 rings (SSSR count). The molecule has 1 aliphatic rings. The third-order valence-corrected chi connectivity index (χ3v) is 7.35. The Bertz CT molecular complexity index is 1780. The van der Waals surface area contributed by atoms with Crippen molar-refractivity contribution in [2.75, 3.05) is 5.32 Å². The number of carbonyl (C=O) groups excluding carboxylic acids is 1. The van der Waals surface area contributed by atoms with Crippen molar-refractivity contribution in [3.63, 3.8) is 0 Å². The standard InChI is InChI=1S/C25H17F2N3O5S/c26-15-4-1-13(2-5-15)11-30-20-7-6-16(27)10-17(20)23(31)22(25(30)33)19-12-36(34,35)21-8-3-14(24(28)32)9-18(21)29-19/h1-10,12,29,31H,11H2,(H2,28,32). The van der Waals surface area contributed by atoms with Gasteiger partial charge in [0.1, 0.15) is 22.9 Å². The van der Waals surface area contributed by atoms with Crippen molar-refractivity contribution >= 4 is 38.0 Å². The molecular formula is C25H17F2N3O5S. The number of anilines is 1. The quantitative estimate of drug-likeness (QED) is 0.387. The Labute approximate surface area is 202 Å². The highest BCUT2D eigenvalue weighted by atomic mass is 32.2. The first-order chi connectivity index (χ1) is 17.0. The maximum atomic E-state index is 14.1. The van der Waals surface area contributed by atoms with Crippen LogP contribution in [0.25, 0.3) is 16.6 Å². The predicted molar refractivity (Wildman–Crippen MR) is 129 cm³/mol. The first-order valence-corrected chi connectivity index (χ1v) is 12.1. The van der Waals surface area contributed by atoms with E-state index in [1.54, 1.807) is 0 Å². The number of amides is 1. The maximum absolute atomic E-state index is 14.1. The van der Waals surface area contributed by atoms with E-state index in [1.807, 2.05) is 0 Å². The van der Waals surface area contributed by atoms with Crippen LogP contribution >= 0.6 is 0 Å². The number of nitrogens with one attached hydrogen (secondary N) is 1. The van der Waals surface area contributed by atoms with Gasteiger partial charge in [0.15, 0.2) is 0 Å². The van der Waals surface area contributed by atoms with Crippen molar-refractivity contribution in [1.29, 1.82) is 0 Å². The van der Waals surface area contributed by atoms with Gasteiger partial charge in [0.25, 0.3) is 5.56 Å². The zero-order valence-corrected chi connectivity index (χ0v) is 19.1. The van der Waals surface area contributed by atoms with E-state index in [0.717, 1.165) is 17.5 Å². The monoisotopic (exact) mass is 509 g/mol. The second kappa shape index (κ2) is 8.31. The van der Waals surface area contributed by atoms with E-state index in [1.165, 1.54) is 53.1 Å². The second-order valence-corrected chi connectivity index (χ2v) is 9.95. The fraction of sp³-hybridized carbons (Fsp3) is 0.0400. The van der Waals surface area contributed by atoms with Gasteiger partial charge in [-0.05, 0) is 54.1 Å². The van der Waals surface area contributed by atoms with Crippen LogP contribution < -0.4 is 16.6 Å². The first-order valence-electron chi connectivity index (χ1n) is 10.5. The molecule has 0 saturated carbocycles. The third-order valence-electron chi connectivity index (χ3n) is 5.84. The smallest absolute Gasteiger partial charge is 0.264 e. The molecule has 3 aromatic carbocycles. The van der Waals surface area contributed by atoms with E-state index < -0.39 is 44.3 Å². The molecular weight excluding hydrogens is 492 g/mol. The molecule has 0 unspecified atom stereocenters. The first kappa shape index (κ1) is 23.2. The largest absolute Gasteiger partial charge is 0.506 e. The summed E-state index contributed by atoms with van der Waals surface area (Å²) in [6.07, 6.45) is 0. The SMILES string of the molecule is NC(=O)c1ccc2c(c1)NC(c1c(O)c3cc(F)ccc3n(Cc3ccc(F)cc3)c1=O)=CS2(=O)=O. The molecule has 1 amide bonds. The highest BCUT2D eigenvalue weighted by Crippen LogP contribution is 2.37. The van der Waals surface area contributed by atoms with E-state index in [2.05, 4.69) is 5.32 Å². The minimum Gasteiger partial charge on any atom is -0.506 e. The topological polar surface area (TPSA) is 131 Å². The van der Waals surface area contributed by atoms with E-state index in [9.17, 15) is 31.9 Å². The van der Waals surface area contributed by atoms with Crippen LogP contribution in [0, 0.1) is 11.6 Å². The molecule has 0 bridgehead atoms. The number of rotatable bonds is 4. The van der Waals surface area contributed by atoms with Gasteiger partial charge in [-0.1, -0.05) is 12.1 Å². The lowest BCUT2D eigenvalue weighted by Gasteiger charge is -2.22. The molecule has 0 spiro atoms. The van der Waals surface area contributed by atoms with Crippen LogP contribution in [0.4, 0.5) is 14.5 Å². The lowest BCUT2D eigenvalue weighted by atomic mass is 10.1. The molecule has 36 heavy (non-hydrogen) atoms. The summed E-state index contributed by atoms with van der Waals surface area (Å²) in [4.78, 5) is 25.1. The summed E-state index contributed by atoms with van der Waals surface area (Å²) in [6.45, 7) is -0.0725. The number of fused-ring (bicyclic) bond motifs is 2. The summed E-state index contributed by atoms with van der Waals surface area (Å²) >= 11 is 0. The van der Waals surface area contributed by atoms with Crippen LogP contribution in [-0.2, 0) is 16.4 Å². The van der Waals surface area contributed by atoms with E-state index in [-0.39, 0.29) is 39.3 Å². The summed E-state index contributed by atoms with van der Waals surface area (Å²) in [5, 5.41) is 14.5. The second-order valence-electron chi connectivity index (χ2n) is 8.18. The summed E-state index contributed by atoms with van der Waals surface area (Å²) < 4.78 is 54.7. The fourth-order valence-corrected chi connectivity index (χ4v) is 5.42. The van der Waals surface area contributed by atoms with Crippen LogP contribution in [0.15, 0.2) is 75.8 Å². The van der Waals surface area contributed by atoms with Gasteiger partial charge >= 0.3 is 0 Å². The normalized spacial score (nSPS) is 14.1. The minimum atomic E-state index is -4.10. The summed E-state index contributed by atoms with van der Waals surface area (Å²) in [5.41, 5.74) is 4.55. The molecule has 0 aliphatic carbocycles. The van der Waals surface area contributed by atoms with Crippen LogP contribution in [0.3, 0.4) is 0 Å². The number of pyridine rings is 1. The number of nitrogens with two attached hydrogens (primary N) is 1. The van der Waals surface area contributed by atoms with Gasteiger partial charge in [-0.25, -0.2) is 17.2 Å². The Morgan fingerprint density at radius 1 is 1.00 bits per heavy atom. The maximum Gasteiger partial charge on any atom is 0.264 e. The van der Waals surface area contributed by atoms with Gasteiger partial charge in [-0.3, -0.25) is 9.59 Å².